The van der Waals surface area contributed by atoms with Crippen molar-refractivity contribution in [2.24, 2.45) is 0 Å². The number of nitrogen functional groups attached to an aromatic ring is 1. The minimum atomic E-state index is -0.911. The summed E-state index contributed by atoms with van der Waals surface area (Å²) in [7, 11) is 0. The summed E-state index contributed by atoms with van der Waals surface area (Å²) in [6.07, 6.45) is 1.60. The molecule has 0 aliphatic rings. The average Bonchev–Trinajstić information content (AvgIpc) is 2.88. The van der Waals surface area contributed by atoms with Crippen LogP contribution in [0.25, 0.3) is 16.6 Å². The second kappa shape index (κ2) is 11.6. The van der Waals surface area contributed by atoms with Crippen molar-refractivity contribution in [2.45, 2.75) is 38.8 Å². The second-order valence-electron chi connectivity index (χ2n) is 9.70. The number of nitrogens with two attached hydrogens (primary N) is 1. The number of benzene rings is 2. The van der Waals surface area contributed by atoms with Gasteiger partial charge in [0.15, 0.2) is 0 Å². The Morgan fingerprint density at radius 1 is 1.25 bits per heavy atom. The number of aromatic nitrogens is 4. The van der Waals surface area contributed by atoms with Crippen molar-refractivity contribution in [3.8, 4) is 11.8 Å². The Balaban J connectivity index is 1.75. The maximum Gasteiger partial charge on any atom is 0.319 e. The number of nitriles is 1. The normalized spacial score (nSPS) is 12.0. The van der Waals surface area contributed by atoms with Gasteiger partial charge in [0.2, 0.25) is 0 Å². The first-order valence-corrected chi connectivity index (χ1v) is 12.7. The number of nitrogens with zero attached hydrogens (tertiary/aromatic N) is 5. The molecule has 0 saturated heterocycles. The van der Waals surface area contributed by atoms with Gasteiger partial charge >= 0.3 is 6.03 Å². The quantitative estimate of drug-likeness (QED) is 0.214. The van der Waals surface area contributed by atoms with Crippen molar-refractivity contribution in [3.63, 3.8) is 0 Å². The lowest BCUT2D eigenvalue weighted by atomic mass is 10.1. The van der Waals surface area contributed by atoms with Gasteiger partial charge in [-0.25, -0.2) is 19.7 Å². The summed E-state index contributed by atoms with van der Waals surface area (Å²) >= 11 is 6.40. The van der Waals surface area contributed by atoms with Crippen molar-refractivity contribution in [1.82, 2.24) is 24.8 Å². The molecule has 4 rings (SSSR count). The molecule has 2 aromatic carbocycles. The van der Waals surface area contributed by atoms with E-state index in [4.69, 9.17) is 22.3 Å². The Bertz CT molecular complexity index is 1680. The third-order valence-electron chi connectivity index (χ3n) is 5.99. The Kier molecular flexibility index (Phi) is 8.18. The van der Waals surface area contributed by atoms with E-state index in [0.29, 0.717) is 29.1 Å². The monoisotopic (exact) mass is 561 g/mol. The van der Waals surface area contributed by atoms with Crippen LogP contribution in [0.2, 0.25) is 5.02 Å². The number of aliphatic hydroxyl groups is 1. The summed E-state index contributed by atoms with van der Waals surface area (Å²) in [4.78, 5) is 39.0. The third-order valence-corrected chi connectivity index (χ3v) is 6.30. The van der Waals surface area contributed by atoms with Gasteiger partial charge in [-0.2, -0.15) is 5.26 Å². The lowest BCUT2D eigenvalue weighted by Crippen LogP contribution is -2.33. The molecule has 4 aromatic rings. The fourth-order valence-corrected chi connectivity index (χ4v) is 4.27. The summed E-state index contributed by atoms with van der Waals surface area (Å²) in [5, 5.41) is 28.4. The highest BCUT2D eigenvalue weighted by Crippen LogP contribution is 2.26. The van der Waals surface area contributed by atoms with Crippen LogP contribution in [0.5, 0.6) is 0 Å². The second-order valence-corrected chi connectivity index (χ2v) is 10.1. The number of amides is 2. The first kappa shape index (κ1) is 28.3. The lowest BCUT2D eigenvalue weighted by molar-refractivity contribution is 0.0721. The molecule has 13 heteroatoms. The summed E-state index contributed by atoms with van der Waals surface area (Å²) < 4.78 is 1.39. The predicted octanol–water partition coefficient (Wildman–Crippen LogP) is 3.74. The van der Waals surface area contributed by atoms with Gasteiger partial charge in [0, 0.05) is 12.2 Å². The number of nitrogens with one attached hydrogen (secondary N) is 3. The lowest BCUT2D eigenvalue weighted by Gasteiger charge is -2.21. The summed E-state index contributed by atoms with van der Waals surface area (Å²) in [5.41, 5.74) is 5.80. The van der Waals surface area contributed by atoms with E-state index >= 15 is 0 Å². The molecule has 206 valence electrons. The molecule has 0 bridgehead atoms. The highest BCUT2D eigenvalue weighted by molar-refractivity contribution is 6.35. The highest BCUT2D eigenvalue weighted by atomic mass is 35.5. The topological polar surface area (TPSA) is 184 Å². The van der Waals surface area contributed by atoms with E-state index in [2.05, 4.69) is 25.9 Å². The number of rotatable bonds is 8. The number of anilines is 3. The number of hydrogen-bond donors (Lipinski definition) is 5. The molecule has 1 unspecified atom stereocenters. The van der Waals surface area contributed by atoms with Crippen LogP contribution in [0.1, 0.15) is 44.6 Å². The predicted molar refractivity (Wildman–Crippen MR) is 153 cm³/mol. The summed E-state index contributed by atoms with van der Waals surface area (Å²) in [6, 6.07) is 12.6. The molecule has 1 atom stereocenters. The highest BCUT2D eigenvalue weighted by Gasteiger charge is 2.22. The fourth-order valence-electron chi connectivity index (χ4n) is 4.02. The van der Waals surface area contributed by atoms with Crippen molar-refractivity contribution < 1.29 is 9.90 Å². The van der Waals surface area contributed by atoms with Gasteiger partial charge in [-0.3, -0.25) is 9.36 Å². The third kappa shape index (κ3) is 6.28. The number of carbonyl (C=O) groups excluding carboxylic acids is 1. The van der Waals surface area contributed by atoms with Crippen molar-refractivity contribution in [1.29, 1.82) is 5.26 Å². The zero-order valence-corrected chi connectivity index (χ0v) is 22.8. The molecule has 12 nitrogen and oxygen atoms in total. The van der Waals surface area contributed by atoms with Crippen LogP contribution in [-0.4, -0.2) is 42.8 Å². The fraction of sp³-hybridized carbons (Fsp3) is 0.259. The molecule has 6 N–H and O–H groups in total. The van der Waals surface area contributed by atoms with Crippen molar-refractivity contribution in [2.75, 3.05) is 22.9 Å². The van der Waals surface area contributed by atoms with Gasteiger partial charge in [-0.05, 0) is 57.5 Å². The van der Waals surface area contributed by atoms with E-state index in [-0.39, 0.29) is 34.2 Å². The van der Waals surface area contributed by atoms with Gasteiger partial charge in [0.1, 0.15) is 35.4 Å². The van der Waals surface area contributed by atoms with Gasteiger partial charge in [0.05, 0.1) is 33.3 Å². The van der Waals surface area contributed by atoms with E-state index < -0.39 is 23.2 Å². The molecule has 2 amide bonds. The molecule has 2 heterocycles. The van der Waals surface area contributed by atoms with Gasteiger partial charge in [-0.1, -0.05) is 23.7 Å². The number of fused-ring (bicyclic) bond motifs is 1. The van der Waals surface area contributed by atoms with E-state index in [9.17, 15) is 20.0 Å². The minimum Gasteiger partial charge on any atom is -0.390 e. The molecule has 0 radical (unpaired) electrons. The van der Waals surface area contributed by atoms with Gasteiger partial charge in [0.25, 0.3) is 5.56 Å². The zero-order valence-electron chi connectivity index (χ0n) is 22.1. The van der Waals surface area contributed by atoms with Gasteiger partial charge in [-0.15, -0.1) is 0 Å². The molecule has 0 fully saturated rings. The number of hydrogen-bond acceptors (Lipinski definition) is 9. The molecule has 0 saturated carbocycles. The maximum absolute atomic E-state index is 13.9. The molecule has 0 spiro atoms. The van der Waals surface area contributed by atoms with Crippen molar-refractivity contribution in [3.05, 3.63) is 75.6 Å². The molecule has 40 heavy (non-hydrogen) atoms. The SMILES string of the molecule is CC(Nc1ncnc(N)c1C#N)c1nc2cccc(Cl)c2c(=O)n1-c1cccc(NC(=O)NCCC(C)(C)O)c1. The maximum atomic E-state index is 13.9. The number of urea groups is 1. The summed E-state index contributed by atoms with van der Waals surface area (Å²) in [5.74, 6) is 0.503. The number of halogens is 1. The van der Waals surface area contributed by atoms with Crippen LogP contribution >= 0.6 is 11.6 Å². The Labute approximate surface area is 234 Å². The minimum absolute atomic E-state index is 0.0162. The van der Waals surface area contributed by atoms with Gasteiger partial charge < -0.3 is 26.8 Å². The van der Waals surface area contributed by atoms with E-state index in [1.54, 1.807) is 63.2 Å². The first-order chi connectivity index (χ1) is 19.0. The van der Waals surface area contributed by atoms with E-state index in [1.165, 1.54) is 10.9 Å². The number of carbonyl (C=O) groups is 1. The molecule has 0 aliphatic carbocycles. The van der Waals surface area contributed by atoms with E-state index in [0.717, 1.165) is 0 Å². The zero-order chi connectivity index (χ0) is 29.0. The van der Waals surface area contributed by atoms with Crippen LogP contribution in [0, 0.1) is 11.3 Å². The smallest absolute Gasteiger partial charge is 0.319 e. The molecular formula is C27H28ClN9O3. The molecule has 2 aromatic heterocycles. The Morgan fingerprint density at radius 3 is 2.73 bits per heavy atom. The average molecular weight is 562 g/mol. The van der Waals surface area contributed by atoms with Crippen LogP contribution in [0.4, 0.5) is 22.1 Å². The van der Waals surface area contributed by atoms with Crippen LogP contribution in [-0.2, 0) is 0 Å². The summed E-state index contributed by atoms with van der Waals surface area (Å²) in [6.45, 7) is 5.34. The van der Waals surface area contributed by atoms with Crippen molar-refractivity contribution >= 4 is 45.9 Å². The van der Waals surface area contributed by atoms with E-state index in [1.807, 2.05) is 6.07 Å². The standard InChI is InChI=1S/C27H28ClN9O3/c1-15(34-23-18(13-29)22(30)32-14-33-23)24-36-20-9-5-8-19(28)21(20)25(38)37(24)17-7-4-6-16(12-17)35-26(39)31-11-10-27(2,3)40/h4-9,12,14-15,40H,10-11H2,1-3H3,(H2,31,35,39)(H3,30,32,33,34). The van der Waals surface area contributed by atoms with Crippen LogP contribution < -0.4 is 27.2 Å². The Morgan fingerprint density at radius 2 is 2.00 bits per heavy atom. The van der Waals surface area contributed by atoms with Crippen LogP contribution in [0.3, 0.4) is 0 Å². The molecule has 0 aliphatic heterocycles. The molecular weight excluding hydrogens is 534 g/mol. The Hall–Kier alpha value is -4.73. The first-order valence-electron chi connectivity index (χ1n) is 12.3. The van der Waals surface area contributed by atoms with Crippen LogP contribution in [0.15, 0.2) is 53.6 Å². The largest absolute Gasteiger partial charge is 0.390 e.